The van der Waals surface area contributed by atoms with Gasteiger partial charge in [-0.15, -0.1) is 6.42 Å². The van der Waals surface area contributed by atoms with Gasteiger partial charge < -0.3 is 0 Å². The SMILES string of the molecule is C#Cc1ccc2ccccc2c1-c1c(C)ccc2ccccc12. The minimum absolute atomic E-state index is 0.947. The summed E-state index contributed by atoms with van der Waals surface area (Å²) in [5.74, 6) is 2.88. The van der Waals surface area contributed by atoms with Gasteiger partial charge >= 0.3 is 0 Å². The summed E-state index contributed by atoms with van der Waals surface area (Å²) in [4.78, 5) is 0. The van der Waals surface area contributed by atoms with Gasteiger partial charge in [0.2, 0.25) is 0 Å². The Hall–Kier alpha value is -3.04. The van der Waals surface area contributed by atoms with E-state index >= 15 is 0 Å². The summed E-state index contributed by atoms with van der Waals surface area (Å²) >= 11 is 0. The van der Waals surface area contributed by atoms with Crippen molar-refractivity contribution in [3.8, 4) is 23.5 Å². The zero-order valence-electron chi connectivity index (χ0n) is 13.0. The van der Waals surface area contributed by atoms with Crippen LogP contribution in [0.15, 0.2) is 72.8 Å². The fraction of sp³-hybridized carbons (Fsp3) is 0.0435. The fourth-order valence-corrected chi connectivity index (χ4v) is 3.37. The number of aryl methyl sites for hydroxylation is 1. The van der Waals surface area contributed by atoms with Crippen LogP contribution >= 0.6 is 0 Å². The third kappa shape index (κ3) is 2.10. The molecule has 0 atom stereocenters. The van der Waals surface area contributed by atoms with Crippen LogP contribution in [0.2, 0.25) is 0 Å². The first-order valence-electron chi connectivity index (χ1n) is 7.76. The van der Waals surface area contributed by atoms with E-state index in [9.17, 15) is 0 Å². The number of terminal acetylenes is 1. The maximum atomic E-state index is 5.82. The summed E-state index contributed by atoms with van der Waals surface area (Å²) in [5.41, 5.74) is 4.60. The molecule has 0 nitrogen and oxygen atoms in total. The molecule has 0 unspecified atom stereocenters. The van der Waals surface area contributed by atoms with Crippen LogP contribution in [0.25, 0.3) is 32.7 Å². The van der Waals surface area contributed by atoms with Gasteiger partial charge in [0, 0.05) is 11.1 Å². The molecule has 0 aromatic heterocycles. The van der Waals surface area contributed by atoms with Crippen molar-refractivity contribution in [2.45, 2.75) is 6.92 Å². The fourth-order valence-electron chi connectivity index (χ4n) is 3.37. The lowest BCUT2D eigenvalue weighted by atomic mass is 9.88. The van der Waals surface area contributed by atoms with E-state index in [2.05, 4.69) is 85.6 Å². The largest absolute Gasteiger partial charge is 0.115 e. The molecule has 0 bridgehead atoms. The summed E-state index contributed by atoms with van der Waals surface area (Å²) in [5, 5.41) is 4.92. The van der Waals surface area contributed by atoms with E-state index in [4.69, 9.17) is 6.42 Å². The monoisotopic (exact) mass is 292 g/mol. The average molecular weight is 292 g/mol. The molecule has 0 saturated heterocycles. The van der Waals surface area contributed by atoms with Gasteiger partial charge in [0.05, 0.1) is 0 Å². The lowest BCUT2D eigenvalue weighted by Gasteiger charge is -2.15. The Kier molecular flexibility index (Phi) is 3.14. The van der Waals surface area contributed by atoms with E-state index in [1.807, 2.05) is 0 Å². The molecule has 23 heavy (non-hydrogen) atoms. The van der Waals surface area contributed by atoms with E-state index in [0.717, 1.165) is 5.56 Å². The highest BCUT2D eigenvalue weighted by molar-refractivity contribution is 6.08. The molecule has 0 radical (unpaired) electrons. The standard InChI is InChI=1S/C23H16/c1-3-17-14-15-19-9-5-7-11-21(19)23(17)22-16(2)12-13-18-8-4-6-10-20(18)22/h1,4-15H,2H3. The number of benzene rings is 4. The van der Waals surface area contributed by atoms with E-state index < -0.39 is 0 Å². The molecule has 0 aliphatic rings. The van der Waals surface area contributed by atoms with Crippen molar-refractivity contribution >= 4 is 21.5 Å². The van der Waals surface area contributed by atoms with Crippen LogP contribution < -0.4 is 0 Å². The molecule has 0 aliphatic carbocycles. The Morgan fingerprint density at radius 1 is 0.652 bits per heavy atom. The van der Waals surface area contributed by atoms with Crippen molar-refractivity contribution in [3.05, 3.63) is 83.9 Å². The van der Waals surface area contributed by atoms with Crippen LogP contribution in [0.3, 0.4) is 0 Å². The van der Waals surface area contributed by atoms with Crippen molar-refractivity contribution in [2.75, 3.05) is 0 Å². The van der Waals surface area contributed by atoms with Gasteiger partial charge in [-0.3, -0.25) is 0 Å². The topological polar surface area (TPSA) is 0 Å². The lowest BCUT2D eigenvalue weighted by molar-refractivity contribution is 1.49. The van der Waals surface area contributed by atoms with Gasteiger partial charge in [-0.1, -0.05) is 72.7 Å². The Bertz CT molecular complexity index is 1080. The van der Waals surface area contributed by atoms with Crippen molar-refractivity contribution in [2.24, 2.45) is 0 Å². The second-order valence-corrected chi connectivity index (χ2v) is 5.83. The maximum absolute atomic E-state index is 5.82. The summed E-state index contributed by atoms with van der Waals surface area (Å²) in [6.07, 6.45) is 5.82. The highest BCUT2D eigenvalue weighted by atomic mass is 14.2. The van der Waals surface area contributed by atoms with Crippen LogP contribution in [0.5, 0.6) is 0 Å². The average Bonchev–Trinajstić information content (AvgIpc) is 2.61. The first-order valence-corrected chi connectivity index (χ1v) is 7.76. The Morgan fingerprint density at radius 2 is 1.22 bits per heavy atom. The molecule has 0 heteroatoms. The number of fused-ring (bicyclic) bond motifs is 2. The van der Waals surface area contributed by atoms with Gasteiger partial charge in [-0.05, 0) is 45.7 Å². The van der Waals surface area contributed by atoms with E-state index in [0.29, 0.717) is 0 Å². The Balaban J connectivity index is 2.24. The normalized spacial score (nSPS) is 10.8. The van der Waals surface area contributed by atoms with E-state index in [-0.39, 0.29) is 0 Å². The summed E-state index contributed by atoms with van der Waals surface area (Å²) in [6.45, 7) is 2.16. The molecule has 0 heterocycles. The smallest absolute Gasteiger partial charge is 0.0327 e. The predicted octanol–water partition coefficient (Wildman–Crippen LogP) is 5.95. The molecule has 4 aromatic rings. The van der Waals surface area contributed by atoms with Gasteiger partial charge in [0.15, 0.2) is 0 Å². The highest BCUT2D eigenvalue weighted by Crippen LogP contribution is 2.38. The molecular weight excluding hydrogens is 276 g/mol. The number of hydrogen-bond donors (Lipinski definition) is 0. The minimum atomic E-state index is 0.947. The summed E-state index contributed by atoms with van der Waals surface area (Å²) in [6, 6.07) is 25.5. The summed E-state index contributed by atoms with van der Waals surface area (Å²) < 4.78 is 0. The van der Waals surface area contributed by atoms with Crippen LogP contribution in [0.4, 0.5) is 0 Å². The third-order valence-corrected chi connectivity index (χ3v) is 4.47. The molecule has 0 fully saturated rings. The molecule has 0 spiro atoms. The quantitative estimate of drug-likeness (QED) is 0.380. The zero-order valence-corrected chi connectivity index (χ0v) is 13.0. The van der Waals surface area contributed by atoms with Crippen molar-refractivity contribution in [1.29, 1.82) is 0 Å². The van der Waals surface area contributed by atoms with Gasteiger partial charge in [0.1, 0.15) is 0 Å². The molecule has 4 rings (SSSR count). The van der Waals surface area contributed by atoms with E-state index in [1.165, 1.54) is 38.2 Å². The molecule has 0 amide bonds. The Morgan fingerprint density at radius 3 is 1.87 bits per heavy atom. The second kappa shape index (κ2) is 5.30. The molecular formula is C23H16. The first kappa shape index (κ1) is 13.6. The van der Waals surface area contributed by atoms with Gasteiger partial charge in [0.25, 0.3) is 0 Å². The second-order valence-electron chi connectivity index (χ2n) is 5.83. The zero-order chi connectivity index (χ0) is 15.8. The van der Waals surface area contributed by atoms with Crippen LogP contribution in [0.1, 0.15) is 11.1 Å². The van der Waals surface area contributed by atoms with Crippen molar-refractivity contribution in [3.63, 3.8) is 0 Å². The van der Waals surface area contributed by atoms with Gasteiger partial charge in [-0.2, -0.15) is 0 Å². The third-order valence-electron chi connectivity index (χ3n) is 4.47. The Labute approximate surface area is 136 Å². The molecule has 0 saturated carbocycles. The maximum Gasteiger partial charge on any atom is 0.0327 e. The highest BCUT2D eigenvalue weighted by Gasteiger charge is 2.14. The molecule has 4 aromatic carbocycles. The number of rotatable bonds is 1. The minimum Gasteiger partial charge on any atom is -0.115 e. The summed E-state index contributed by atoms with van der Waals surface area (Å²) in [7, 11) is 0. The molecule has 0 aliphatic heterocycles. The van der Waals surface area contributed by atoms with Crippen LogP contribution in [-0.4, -0.2) is 0 Å². The van der Waals surface area contributed by atoms with Crippen LogP contribution in [-0.2, 0) is 0 Å². The van der Waals surface area contributed by atoms with Crippen molar-refractivity contribution < 1.29 is 0 Å². The number of hydrogen-bond acceptors (Lipinski definition) is 0. The molecule has 108 valence electrons. The molecule has 0 N–H and O–H groups in total. The predicted molar refractivity (Wildman–Crippen MR) is 99.6 cm³/mol. The lowest BCUT2D eigenvalue weighted by Crippen LogP contribution is -1.92. The van der Waals surface area contributed by atoms with Crippen molar-refractivity contribution in [1.82, 2.24) is 0 Å². The first-order chi connectivity index (χ1) is 11.3. The van der Waals surface area contributed by atoms with Crippen LogP contribution in [0, 0.1) is 19.3 Å². The van der Waals surface area contributed by atoms with Gasteiger partial charge in [-0.25, -0.2) is 0 Å². The van der Waals surface area contributed by atoms with E-state index in [1.54, 1.807) is 0 Å².